The van der Waals surface area contributed by atoms with E-state index in [0.717, 1.165) is 34.0 Å². The van der Waals surface area contributed by atoms with Crippen LogP contribution < -0.4 is 4.74 Å². The Morgan fingerprint density at radius 3 is 1.76 bits per heavy atom. The standard InChI is InChI=1S/C46H28N2O/c1-2-11-29(12-3-1)30-21-26-34-33-13-4-7-18-39(33)47(41(34)27-30)31-22-24-32(25-23-31)48-40-19-8-5-15-37(40)45-38-17-10-16-36-35-14-6-9-20-43(35)49-44(46(36)38)28-42(45)48/h1-28H. The number of rotatable bonds is 3. The van der Waals surface area contributed by atoms with E-state index in [-0.39, 0.29) is 0 Å². The van der Waals surface area contributed by atoms with Crippen LogP contribution in [-0.4, -0.2) is 9.13 Å². The van der Waals surface area contributed by atoms with Crippen LogP contribution in [0.4, 0.5) is 0 Å². The first-order valence-corrected chi connectivity index (χ1v) is 16.8. The molecule has 11 rings (SSSR count). The van der Waals surface area contributed by atoms with E-state index in [2.05, 4.69) is 173 Å². The second kappa shape index (κ2) is 9.96. The van der Waals surface area contributed by atoms with Crippen molar-refractivity contribution in [3.63, 3.8) is 0 Å². The second-order valence-electron chi connectivity index (χ2n) is 12.9. The molecular formula is C46H28N2O. The summed E-state index contributed by atoms with van der Waals surface area (Å²) in [5, 5.41) is 7.38. The molecule has 3 heterocycles. The lowest BCUT2D eigenvalue weighted by molar-refractivity contribution is 0.487. The van der Waals surface area contributed by atoms with E-state index in [4.69, 9.17) is 4.74 Å². The minimum absolute atomic E-state index is 0.899. The third-order valence-corrected chi connectivity index (χ3v) is 10.3. The molecule has 0 saturated heterocycles. The highest BCUT2D eigenvalue weighted by molar-refractivity contribution is 6.25. The third-order valence-electron chi connectivity index (χ3n) is 10.3. The molecule has 0 saturated carbocycles. The number of hydrogen-bond donors (Lipinski definition) is 0. The average molecular weight is 625 g/mol. The molecule has 0 radical (unpaired) electrons. The predicted molar refractivity (Wildman–Crippen MR) is 204 cm³/mol. The largest absolute Gasteiger partial charge is 0.456 e. The van der Waals surface area contributed by atoms with Gasteiger partial charge in [-0.05, 0) is 70.6 Å². The molecule has 49 heavy (non-hydrogen) atoms. The Bertz CT molecular complexity index is 2950. The highest BCUT2D eigenvalue weighted by atomic mass is 16.5. The number of ether oxygens (including phenoxy) is 1. The molecule has 0 unspecified atom stereocenters. The SMILES string of the molecule is c1ccc(-c2ccc3c4ccccc4n(-c4ccc(-n5c6ccccc6c6c7cccc8c7c(cc65)Oc5ccccc5-8)cc4)c3c2)cc1. The summed E-state index contributed by atoms with van der Waals surface area (Å²) in [5.74, 6) is 1.80. The Morgan fingerprint density at radius 2 is 0.939 bits per heavy atom. The minimum atomic E-state index is 0.899. The first kappa shape index (κ1) is 26.5. The zero-order valence-corrected chi connectivity index (χ0v) is 26.5. The first-order valence-electron chi connectivity index (χ1n) is 16.8. The number of hydrogen-bond acceptors (Lipinski definition) is 1. The Balaban J connectivity index is 1.13. The van der Waals surface area contributed by atoms with Crippen LogP contribution in [0.25, 0.3) is 88.0 Å². The van der Waals surface area contributed by atoms with Gasteiger partial charge in [-0.25, -0.2) is 0 Å². The lowest BCUT2D eigenvalue weighted by atomic mass is 9.92. The van der Waals surface area contributed by atoms with Crippen LogP contribution in [0.5, 0.6) is 11.5 Å². The topological polar surface area (TPSA) is 19.1 Å². The molecule has 0 N–H and O–H groups in total. The summed E-state index contributed by atoms with van der Waals surface area (Å²) < 4.78 is 11.4. The van der Waals surface area contributed by atoms with Crippen molar-refractivity contribution in [3.05, 3.63) is 170 Å². The molecule has 2 aromatic heterocycles. The van der Waals surface area contributed by atoms with Gasteiger partial charge >= 0.3 is 0 Å². The molecule has 10 aromatic rings. The summed E-state index contributed by atoms with van der Waals surface area (Å²) in [4.78, 5) is 0. The molecule has 0 amide bonds. The molecular weight excluding hydrogens is 597 g/mol. The van der Waals surface area contributed by atoms with Gasteiger partial charge in [0, 0.05) is 49.9 Å². The summed E-state index contributed by atoms with van der Waals surface area (Å²) in [5.41, 5.74) is 11.7. The number of aromatic nitrogens is 2. The van der Waals surface area contributed by atoms with E-state index in [1.807, 2.05) is 6.07 Å². The zero-order chi connectivity index (χ0) is 32.1. The van der Waals surface area contributed by atoms with Crippen LogP contribution >= 0.6 is 0 Å². The van der Waals surface area contributed by atoms with Crippen LogP contribution in [0.2, 0.25) is 0 Å². The van der Waals surface area contributed by atoms with Crippen molar-refractivity contribution < 1.29 is 4.74 Å². The molecule has 1 aliphatic heterocycles. The number of fused-ring (bicyclic) bond motifs is 9. The van der Waals surface area contributed by atoms with E-state index in [1.54, 1.807) is 0 Å². The van der Waals surface area contributed by atoms with Crippen LogP contribution in [0, 0.1) is 0 Å². The van der Waals surface area contributed by atoms with Crippen molar-refractivity contribution in [1.82, 2.24) is 9.13 Å². The Hall–Kier alpha value is -6.58. The maximum absolute atomic E-state index is 6.62. The summed E-state index contributed by atoms with van der Waals surface area (Å²) in [6, 6.07) is 61.2. The third kappa shape index (κ3) is 3.73. The van der Waals surface area contributed by atoms with Gasteiger partial charge in [0.05, 0.1) is 22.1 Å². The van der Waals surface area contributed by atoms with E-state index in [1.165, 1.54) is 65.6 Å². The van der Waals surface area contributed by atoms with Crippen molar-refractivity contribution in [2.24, 2.45) is 0 Å². The number of para-hydroxylation sites is 3. The van der Waals surface area contributed by atoms with Gasteiger partial charge in [0.25, 0.3) is 0 Å². The van der Waals surface area contributed by atoms with Crippen LogP contribution in [0.1, 0.15) is 0 Å². The summed E-state index contributed by atoms with van der Waals surface area (Å²) >= 11 is 0. The molecule has 3 nitrogen and oxygen atoms in total. The Kier molecular flexibility index (Phi) is 5.38. The monoisotopic (exact) mass is 624 g/mol. The fourth-order valence-corrected chi connectivity index (χ4v) is 8.19. The summed E-state index contributed by atoms with van der Waals surface area (Å²) in [6.45, 7) is 0. The Labute approximate surface area is 282 Å². The summed E-state index contributed by atoms with van der Waals surface area (Å²) in [6.07, 6.45) is 0. The van der Waals surface area contributed by atoms with Gasteiger partial charge in [0.15, 0.2) is 0 Å². The van der Waals surface area contributed by atoms with Gasteiger partial charge < -0.3 is 13.9 Å². The minimum Gasteiger partial charge on any atom is -0.456 e. The second-order valence-corrected chi connectivity index (χ2v) is 12.9. The van der Waals surface area contributed by atoms with Crippen molar-refractivity contribution in [1.29, 1.82) is 0 Å². The quantitative estimate of drug-likeness (QED) is 0.191. The maximum atomic E-state index is 6.62. The molecule has 0 spiro atoms. The summed E-state index contributed by atoms with van der Waals surface area (Å²) in [7, 11) is 0. The van der Waals surface area contributed by atoms with Gasteiger partial charge in [-0.15, -0.1) is 0 Å². The number of nitrogens with zero attached hydrogens (tertiary/aromatic N) is 2. The van der Waals surface area contributed by atoms with Crippen LogP contribution in [0.15, 0.2) is 170 Å². The van der Waals surface area contributed by atoms with Gasteiger partial charge in [0.1, 0.15) is 11.5 Å². The van der Waals surface area contributed by atoms with Crippen molar-refractivity contribution in [2.75, 3.05) is 0 Å². The molecule has 8 aromatic carbocycles. The number of benzene rings is 8. The predicted octanol–water partition coefficient (Wildman–Crippen LogP) is 12.5. The van der Waals surface area contributed by atoms with Gasteiger partial charge in [0.2, 0.25) is 0 Å². The first-order chi connectivity index (χ1) is 24.3. The van der Waals surface area contributed by atoms with E-state index < -0.39 is 0 Å². The van der Waals surface area contributed by atoms with Gasteiger partial charge in [-0.1, -0.05) is 115 Å². The smallest absolute Gasteiger partial charge is 0.138 e. The molecule has 228 valence electrons. The van der Waals surface area contributed by atoms with Crippen molar-refractivity contribution in [3.8, 4) is 45.1 Å². The van der Waals surface area contributed by atoms with E-state index >= 15 is 0 Å². The Morgan fingerprint density at radius 1 is 0.327 bits per heavy atom. The molecule has 3 heteroatoms. The molecule has 0 aliphatic carbocycles. The normalized spacial score (nSPS) is 12.2. The molecule has 1 aliphatic rings. The van der Waals surface area contributed by atoms with Crippen LogP contribution in [-0.2, 0) is 0 Å². The molecule has 0 fully saturated rings. The zero-order valence-electron chi connectivity index (χ0n) is 26.5. The van der Waals surface area contributed by atoms with Gasteiger partial charge in [-0.3, -0.25) is 0 Å². The van der Waals surface area contributed by atoms with E-state index in [9.17, 15) is 0 Å². The fourth-order valence-electron chi connectivity index (χ4n) is 8.19. The lowest BCUT2D eigenvalue weighted by Gasteiger charge is -2.22. The highest BCUT2D eigenvalue weighted by Crippen LogP contribution is 2.50. The fraction of sp³-hybridized carbons (Fsp3) is 0. The van der Waals surface area contributed by atoms with Crippen LogP contribution in [0.3, 0.4) is 0 Å². The lowest BCUT2D eigenvalue weighted by Crippen LogP contribution is -1.99. The molecule has 0 bridgehead atoms. The van der Waals surface area contributed by atoms with E-state index in [0.29, 0.717) is 0 Å². The van der Waals surface area contributed by atoms with Crippen molar-refractivity contribution in [2.45, 2.75) is 0 Å². The van der Waals surface area contributed by atoms with Gasteiger partial charge in [-0.2, -0.15) is 0 Å². The average Bonchev–Trinajstić information content (AvgIpc) is 3.68. The van der Waals surface area contributed by atoms with Crippen molar-refractivity contribution >= 4 is 54.4 Å². The molecule has 0 atom stereocenters. The highest BCUT2D eigenvalue weighted by Gasteiger charge is 2.24. The maximum Gasteiger partial charge on any atom is 0.138 e.